The molecule has 0 saturated carbocycles. The summed E-state index contributed by atoms with van der Waals surface area (Å²) >= 11 is 0. The Hall–Kier alpha value is -1.36. The molecule has 7 N–H and O–H groups in total. The van der Waals surface area contributed by atoms with Crippen molar-refractivity contribution in [3.05, 3.63) is 0 Å². The summed E-state index contributed by atoms with van der Waals surface area (Å²) in [6, 6.07) is -1.85. The number of nitrogens with one attached hydrogen (secondary N) is 1. The lowest BCUT2D eigenvalue weighted by Crippen LogP contribution is -2.67. The van der Waals surface area contributed by atoms with Crippen LogP contribution >= 0.6 is 0 Å². The first-order valence-corrected chi connectivity index (χ1v) is 11.6. The molecule has 4 unspecified atom stereocenters. The fourth-order valence-corrected chi connectivity index (χ4v) is 4.41. The van der Waals surface area contributed by atoms with Gasteiger partial charge in [0.15, 0.2) is 12.6 Å². The number of aliphatic carboxylic acids is 1. The molecule has 9 atom stereocenters. The van der Waals surface area contributed by atoms with Gasteiger partial charge in [-0.05, 0) is 0 Å². The Morgan fingerprint density at radius 1 is 1.06 bits per heavy atom. The van der Waals surface area contributed by atoms with Crippen LogP contribution in [0.1, 0.15) is 0 Å². The number of ether oxygens (including phenoxy) is 4. The Morgan fingerprint density at radius 3 is 2.12 bits per heavy atom. The monoisotopic (exact) mass is 511 g/mol. The summed E-state index contributed by atoms with van der Waals surface area (Å²) < 4.78 is 84.8. The molecule has 2 aliphatic rings. The number of carboxylic acids is 1. The zero-order valence-corrected chi connectivity index (χ0v) is 17.6. The molecule has 2 aliphatic heterocycles. The molecule has 17 nitrogen and oxygen atoms in total. The average molecular weight is 511 g/mol. The summed E-state index contributed by atoms with van der Waals surface area (Å²) in [7, 11) is -8.85. The molecule has 2 rings (SSSR count). The quantitative estimate of drug-likeness (QED) is 0.118. The number of ketones is 1. The minimum Gasteiger partial charge on any atom is -0.479 e. The SMILES string of the molecule is CO[C@@H]1OC(CS(=O)(=O)O)[C@@H](O[C@@H]2OC(C(=O)O)C(=O)[C@H](O)C2O)[C@H](O)C1NS(=O)(=O)O. The summed E-state index contributed by atoms with van der Waals surface area (Å²) in [5, 5.41) is 39.4. The van der Waals surface area contributed by atoms with Crippen molar-refractivity contribution in [3.8, 4) is 0 Å². The smallest absolute Gasteiger partial charge is 0.340 e. The highest BCUT2D eigenvalue weighted by Gasteiger charge is 2.53. The van der Waals surface area contributed by atoms with Crippen molar-refractivity contribution >= 4 is 32.2 Å². The Balaban J connectivity index is 2.39. The minimum atomic E-state index is -4.99. The molecule has 2 saturated heterocycles. The molecule has 32 heavy (non-hydrogen) atoms. The number of rotatable bonds is 8. The summed E-state index contributed by atoms with van der Waals surface area (Å²) in [5.41, 5.74) is 0. The molecular formula is C13H21NO16S2. The summed E-state index contributed by atoms with van der Waals surface area (Å²) in [5.74, 6) is -4.56. The van der Waals surface area contributed by atoms with Gasteiger partial charge in [-0.3, -0.25) is 13.9 Å². The van der Waals surface area contributed by atoms with Crippen LogP contribution in [0.4, 0.5) is 0 Å². The molecule has 0 aromatic carbocycles. The van der Waals surface area contributed by atoms with Crippen LogP contribution in [0, 0.1) is 0 Å². The van der Waals surface area contributed by atoms with E-state index in [1.54, 1.807) is 4.72 Å². The van der Waals surface area contributed by atoms with Crippen molar-refractivity contribution in [2.75, 3.05) is 12.9 Å². The lowest BCUT2D eigenvalue weighted by molar-refractivity contribution is -0.316. The molecule has 0 radical (unpaired) electrons. The average Bonchev–Trinajstić information content (AvgIpc) is 2.64. The maximum Gasteiger partial charge on any atom is 0.340 e. The van der Waals surface area contributed by atoms with Crippen molar-refractivity contribution in [1.29, 1.82) is 0 Å². The standard InChI is InChI=1S/C13H21NO16S2/c1-27-12-4(14-32(24,25)26)5(15)9(3(28-12)2-31(21,22)23)29-13-8(18)6(16)7(17)10(30-13)11(19)20/h3-6,8-10,12-16,18H,2H2,1H3,(H,19,20)(H,21,22,23)(H,24,25,26)/t3?,4?,5-,6+,8?,9-,10?,12-,13-/m1/s1. The zero-order valence-electron chi connectivity index (χ0n) is 16.0. The van der Waals surface area contributed by atoms with E-state index in [4.69, 9.17) is 33.2 Å². The molecule has 186 valence electrons. The van der Waals surface area contributed by atoms with Crippen molar-refractivity contribution in [2.45, 2.75) is 55.2 Å². The van der Waals surface area contributed by atoms with E-state index in [1.165, 1.54) is 0 Å². The van der Waals surface area contributed by atoms with Gasteiger partial charge in [-0.1, -0.05) is 0 Å². The van der Waals surface area contributed by atoms with E-state index < -0.39 is 93.2 Å². The highest BCUT2D eigenvalue weighted by molar-refractivity contribution is 7.85. The van der Waals surface area contributed by atoms with Crippen LogP contribution in [0.25, 0.3) is 0 Å². The Morgan fingerprint density at radius 2 is 1.66 bits per heavy atom. The van der Waals surface area contributed by atoms with Gasteiger partial charge >= 0.3 is 16.3 Å². The first kappa shape index (κ1) is 26.9. The van der Waals surface area contributed by atoms with Gasteiger partial charge in [0.2, 0.25) is 11.9 Å². The predicted octanol–water partition coefficient (Wildman–Crippen LogP) is -5.15. The van der Waals surface area contributed by atoms with Gasteiger partial charge in [0.1, 0.15) is 42.3 Å². The van der Waals surface area contributed by atoms with E-state index in [0.717, 1.165) is 7.11 Å². The van der Waals surface area contributed by atoms with Crippen molar-refractivity contribution < 1.29 is 74.9 Å². The maximum absolute atomic E-state index is 11.7. The first-order valence-electron chi connectivity index (χ1n) is 8.55. The Kier molecular flexibility index (Phi) is 8.29. The fourth-order valence-electron chi connectivity index (χ4n) is 3.13. The van der Waals surface area contributed by atoms with E-state index in [-0.39, 0.29) is 0 Å². The molecule has 0 aromatic heterocycles. The lowest BCUT2D eigenvalue weighted by Gasteiger charge is -2.45. The number of aliphatic hydroxyl groups excluding tert-OH is 3. The minimum absolute atomic E-state index is 0.967. The molecule has 19 heteroatoms. The summed E-state index contributed by atoms with van der Waals surface area (Å²) in [6.07, 6.45) is -16.7. The molecule has 0 bridgehead atoms. The predicted molar refractivity (Wildman–Crippen MR) is 94.8 cm³/mol. The van der Waals surface area contributed by atoms with Crippen LogP contribution in [0.3, 0.4) is 0 Å². The highest BCUT2D eigenvalue weighted by atomic mass is 32.2. The van der Waals surface area contributed by atoms with E-state index in [2.05, 4.69) is 0 Å². The third-order valence-corrected chi connectivity index (χ3v) is 5.82. The second-order valence-corrected chi connectivity index (χ2v) is 9.48. The summed E-state index contributed by atoms with van der Waals surface area (Å²) in [4.78, 5) is 22.9. The number of carboxylic acid groups (broad SMARTS) is 1. The molecule has 0 amide bonds. The fraction of sp³-hybridized carbons (Fsp3) is 0.846. The Bertz CT molecular complexity index is 920. The highest BCUT2D eigenvalue weighted by Crippen LogP contribution is 2.29. The van der Waals surface area contributed by atoms with Crippen molar-refractivity contribution in [3.63, 3.8) is 0 Å². The van der Waals surface area contributed by atoms with Crippen LogP contribution in [-0.4, -0.2) is 126 Å². The van der Waals surface area contributed by atoms with Crippen LogP contribution < -0.4 is 4.72 Å². The molecule has 2 heterocycles. The van der Waals surface area contributed by atoms with Gasteiger partial charge in [-0.25, -0.2) is 4.79 Å². The van der Waals surface area contributed by atoms with Crippen LogP contribution in [0.2, 0.25) is 0 Å². The number of Topliss-reactive ketones (excluding diaryl/α,β-unsaturated/α-hetero) is 1. The molecule has 0 aliphatic carbocycles. The molecular weight excluding hydrogens is 490 g/mol. The number of methoxy groups -OCH3 is 1. The van der Waals surface area contributed by atoms with Crippen LogP contribution in [-0.2, 0) is 49.0 Å². The topological polar surface area (TPSA) is 273 Å². The summed E-state index contributed by atoms with van der Waals surface area (Å²) in [6.45, 7) is 0. The maximum atomic E-state index is 11.7. The van der Waals surface area contributed by atoms with Crippen molar-refractivity contribution in [1.82, 2.24) is 4.72 Å². The first-order chi connectivity index (χ1) is 14.6. The van der Waals surface area contributed by atoms with Crippen molar-refractivity contribution in [2.24, 2.45) is 0 Å². The van der Waals surface area contributed by atoms with E-state index in [0.29, 0.717) is 0 Å². The zero-order chi connectivity index (χ0) is 24.6. The largest absolute Gasteiger partial charge is 0.479 e. The second-order valence-electron chi connectivity index (χ2n) is 6.80. The molecule has 0 aromatic rings. The van der Waals surface area contributed by atoms with Gasteiger partial charge in [-0.15, -0.1) is 0 Å². The molecule has 2 fully saturated rings. The van der Waals surface area contributed by atoms with Gasteiger partial charge in [0.05, 0.1) is 0 Å². The van der Waals surface area contributed by atoms with Gasteiger partial charge in [0.25, 0.3) is 10.1 Å². The Labute approximate surface area is 180 Å². The second kappa shape index (κ2) is 9.87. The van der Waals surface area contributed by atoms with E-state index in [9.17, 15) is 41.7 Å². The normalized spacial score (nSPS) is 39.1. The number of carbonyl (C=O) groups excluding carboxylic acids is 1. The van der Waals surface area contributed by atoms with Gasteiger partial charge < -0.3 is 39.4 Å². The van der Waals surface area contributed by atoms with Gasteiger partial charge in [-0.2, -0.15) is 21.6 Å². The number of hydrogen-bond acceptors (Lipinski definition) is 13. The molecule has 0 spiro atoms. The van der Waals surface area contributed by atoms with E-state index in [1.807, 2.05) is 0 Å². The number of hydrogen-bond donors (Lipinski definition) is 7. The van der Waals surface area contributed by atoms with Crippen LogP contribution in [0.15, 0.2) is 0 Å². The number of carbonyl (C=O) groups is 2. The lowest BCUT2D eigenvalue weighted by atomic mass is 9.97. The number of aliphatic hydroxyl groups is 3. The van der Waals surface area contributed by atoms with Gasteiger partial charge in [0, 0.05) is 7.11 Å². The third kappa shape index (κ3) is 6.36. The third-order valence-electron chi connectivity index (χ3n) is 4.50. The van der Waals surface area contributed by atoms with Crippen LogP contribution in [0.5, 0.6) is 0 Å². The van der Waals surface area contributed by atoms with E-state index >= 15 is 0 Å².